The third kappa shape index (κ3) is 3.67. The molecule has 0 amide bonds. The van der Waals surface area contributed by atoms with Crippen LogP contribution in [0.4, 0.5) is 0 Å². The second kappa shape index (κ2) is 7.25. The number of thioether (sulfide) groups is 1. The molecule has 6 nitrogen and oxygen atoms in total. The van der Waals surface area contributed by atoms with Gasteiger partial charge in [0.15, 0.2) is 10.9 Å². The van der Waals surface area contributed by atoms with Crippen LogP contribution >= 0.6 is 23.4 Å². The number of aromatic nitrogens is 4. The zero-order valence-electron chi connectivity index (χ0n) is 13.9. The molecule has 0 saturated carbocycles. The molecular weight excluding hydrogens is 360 g/mol. The smallest absolute Gasteiger partial charge is 0.263 e. The SMILES string of the molecule is CSc1ncc(-c2ccc(Oc3cc(Cl)ccn3)c(C)n2)c(=O)n1C. The zero-order valence-corrected chi connectivity index (χ0v) is 15.4. The van der Waals surface area contributed by atoms with Crippen LogP contribution in [-0.2, 0) is 7.05 Å². The maximum Gasteiger partial charge on any atom is 0.263 e. The van der Waals surface area contributed by atoms with Crippen LogP contribution in [0.5, 0.6) is 11.6 Å². The van der Waals surface area contributed by atoms with Crippen molar-refractivity contribution in [2.75, 3.05) is 6.26 Å². The molecule has 3 aromatic rings. The topological polar surface area (TPSA) is 69.9 Å². The molecule has 25 heavy (non-hydrogen) atoms. The first kappa shape index (κ1) is 17.4. The lowest BCUT2D eigenvalue weighted by Crippen LogP contribution is -2.21. The minimum absolute atomic E-state index is 0.142. The summed E-state index contributed by atoms with van der Waals surface area (Å²) in [6.07, 6.45) is 4.99. The Labute approximate surface area is 153 Å². The Bertz CT molecular complexity index is 991. The summed E-state index contributed by atoms with van der Waals surface area (Å²) >= 11 is 7.35. The third-order valence-corrected chi connectivity index (χ3v) is 4.51. The summed E-state index contributed by atoms with van der Waals surface area (Å²) in [6, 6.07) is 6.77. The first-order valence-electron chi connectivity index (χ1n) is 7.37. The van der Waals surface area contributed by atoms with Crippen LogP contribution in [0.1, 0.15) is 5.69 Å². The van der Waals surface area contributed by atoms with Gasteiger partial charge in [0.1, 0.15) is 0 Å². The van der Waals surface area contributed by atoms with Gasteiger partial charge in [-0.3, -0.25) is 9.36 Å². The highest BCUT2D eigenvalue weighted by molar-refractivity contribution is 7.98. The molecule has 8 heteroatoms. The molecule has 0 radical (unpaired) electrons. The van der Waals surface area contributed by atoms with E-state index in [0.717, 1.165) is 0 Å². The van der Waals surface area contributed by atoms with Crippen LogP contribution in [0.3, 0.4) is 0 Å². The third-order valence-electron chi connectivity index (χ3n) is 3.53. The molecule has 0 spiro atoms. The average Bonchev–Trinajstić information content (AvgIpc) is 2.59. The molecule has 0 aromatic carbocycles. The van der Waals surface area contributed by atoms with Crippen molar-refractivity contribution in [2.45, 2.75) is 12.1 Å². The molecule has 3 aromatic heterocycles. The summed E-state index contributed by atoms with van der Waals surface area (Å²) < 4.78 is 7.22. The van der Waals surface area contributed by atoms with E-state index in [-0.39, 0.29) is 5.56 Å². The van der Waals surface area contributed by atoms with E-state index in [1.165, 1.54) is 16.3 Å². The van der Waals surface area contributed by atoms with E-state index in [1.54, 1.807) is 50.6 Å². The Kier molecular flexibility index (Phi) is 5.06. The van der Waals surface area contributed by atoms with Gasteiger partial charge in [-0.2, -0.15) is 0 Å². The number of hydrogen-bond donors (Lipinski definition) is 0. The quantitative estimate of drug-likeness (QED) is 0.512. The summed E-state index contributed by atoms with van der Waals surface area (Å²) in [5.41, 5.74) is 1.48. The highest BCUT2D eigenvalue weighted by atomic mass is 35.5. The van der Waals surface area contributed by atoms with Crippen LogP contribution in [0.25, 0.3) is 11.3 Å². The van der Waals surface area contributed by atoms with Gasteiger partial charge < -0.3 is 4.74 Å². The van der Waals surface area contributed by atoms with Gasteiger partial charge >= 0.3 is 0 Å². The Morgan fingerprint density at radius 3 is 2.72 bits per heavy atom. The minimum Gasteiger partial charge on any atom is -0.437 e. The number of pyridine rings is 2. The molecule has 0 fully saturated rings. The fourth-order valence-corrected chi connectivity index (χ4v) is 2.92. The lowest BCUT2D eigenvalue weighted by Gasteiger charge is -2.10. The monoisotopic (exact) mass is 374 g/mol. The van der Waals surface area contributed by atoms with E-state index in [4.69, 9.17) is 16.3 Å². The van der Waals surface area contributed by atoms with Gasteiger partial charge in [0, 0.05) is 30.5 Å². The number of halogens is 1. The fraction of sp³-hybridized carbons (Fsp3) is 0.176. The normalized spacial score (nSPS) is 10.7. The molecule has 0 unspecified atom stereocenters. The molecule has 0 N–H and O–H groups in total. The summed E-state index contributed by atoms with van der Waals surface area (Å²) in [6.45, 7) is 1.80. The van der Waals surface area contributed by atoms with Crippen LogP contribution in [0.15, 0.2) is 46.6 Å². The van der Waals surface area contributed by atoms with Gasteiger partial charge in [-0.05, 0) is 31.4 Å². The van der Waals surface area contributed by atoms with Crippen molar-refractivity contribution in [1.29, 1.82) is 0 Å². The summed E-state index contributed by atoms with van der Waals surface area (Å²) in [5, 5.41) is 1.19. The largest absolute Gasteiger partial charge is 0.437 e. The second-order valence-corrected chi connectivity index (χ2v) is 6.43. The average molecular weight is 375 g/mol. The van der Waals surface area contributed by atoms with Gasteiger partial charge in [0.05, 0.1) is 17.0 Å². The maximum absolute atomic E-state index is 12.5. The second-order valence-electron chi connectivity index (χ2n) is 5.22. The molecular formula is C17H15ClN4O2S. The standard InChI is InChI=1S/C17H15ClN4O2S/c1-10-14(24-15-8-11(18)6-7-19-15)5-4-13(21-10)12-9-20-17(25-3)22(2)16(12)23/h4-9H,1-3H3. The Morgan fingerprint density at radius 1 is 1.24 bits per heavy atom. The molecule has 0 aliphatic heterocycles. The van der Waals surface area contributed by atoms with E-state index in [2.05, 4.69) is 15.0 Å². The molecule has 3 heterocycles. The Morgan fingerprint density at radius 2 is 2.04 bits per heavy atom. The Balaban J connectivity index is 1.95. The first-order chi connectivity index (χ1) is 12.0. The van der Waals surface area contributed by atoms with Gasteiger partial charge in [-0.25, -0.2) is 15.0 Å². The molecule has 3 rings (SSSR count). The van der Waals surface area contributed by atoms with E-state index < -0.39 is 0 Å². The van der Waals surface area contributed by atoms with E-state index in [9.17, 15) is 4.79 Å². The summed E-state index contributed by atoms with van der Waals surface area (Å²) in [4.78, 5) is 25.4. The summed E-state index contributed by atoms with van der Waals surface area (Å²) in [7, 11) is 1.69. The van der Waals surface area contributed by atoms with Crippen molar-refractivity contribution in [3.63, 3.8) is 0 Å². The van der Waals surface area contributed by atoms with Gasteiger partial charge in [0.25, 0.3) is 5.56 Å². The van der Waals surface area contributed by atoms with Crippen LogP contribution in [-0.4, -0.2) is 25.8 Å². The van der Waals surface area contributed by atoms with Crippen molar-refractivity contribution < 1.29 is 4.74 Å². The van der Waals surface area contributed by atoms with Crippen molar-refractivity contribution in [3.05, 3.63) is 57.7 Å². The fourth-order valence-electron chi connectivity index (χ4n) is 2.25. The molecule has 0 saturated heterocycles. The maximum atomic E-state index is 12.5. The highest BCUT2D eigenvalue weighted by Crippen LogP contribution is 2.26. The molecule has 0 aliphatic carbocycles. The Hall–Kier alpha value is -2.38. The van der Waals surface area contributed by atoms with Crippen molar-refractivity contribution in [3.8, 4) is 22.9 Å². The van der Waals surface area contributed by atoms with Crippen molar-refractivity contribution >= 4 is 23.4 Å². The van der Waals surface area contributed by atoms with Crippen LogP contribution in [0, 0.1) is 6.92 Å². The first-order valence-corrected chi connectivity index (χ1v) is 8.97. The van der Waals surface area contributed by atoms with Gasteiger partial charge in [-0.1, -0.05) is 23.4 Å². The zero-order chi connectivity index (χ0) is 18.0. The number of rotatable bonds is 4. The van der Waals surface area contributed by atoms with Crippen LogP contribution < -0.4 is 10.3 Å². The predicted octanol–water partition coefficient (Wildman–Crippen LogP) is 3.71. The molecule has 0 atom stereocenters. The lowest BCUT2D eigenvalue weighted by atomic mass is 10.2. The highest BCUT2D eigenvalue weighted by Gasteiger charge is 2.12. The number of aryl methyl sites for hydroxylation is 1. The van der Waals surface area contributed by atoms with Crippen molar-refractivity contribution in [2.24, 2.45) is 7.05 Å². The van der Waals surface area contributed by atoms with Crippen molar-refractivity contribution in [1.82, 2.24) is 19.5 Å². The van der Waals surface area contributed by atoms with E-state index in [0.29, 0.717) is 38.8 Å². The summed E-state index contributed by atoms with van der Waals surface area (Å²) in [5.74, 6) is 0.927. The molecule has 128 valence electrons. The van der Waals surface area contributed by atoms with Gasteiger partial charge in [0.2, 0.25) is 5.88 Å². The van der Waals surface area contributed by atoms with E-state index in [1.807, 2.05) is 6.26 Å². The number of nitrogens with zero attached hydrogens (tertiary/aromatic N) is 4. The molecule has 0 aliphatic rings. The lowest BCUT2D eigenvalue weighted by molar-refractivity contribution is 0.457. The molecule has 0 bridgehead atoms. The van der Waals surface area contributed by atoms with Crippen LogP contribution in [0.2, 0.25) is 5.02 Å². The minimum atomic E-state index is -0.142. The number of hydrogen-bond acceptors (Lipinski definition) is 6. The number of ether oxygens (including phenoxy) is 1. The predicted molar refractivity (Wildman–Crippen MR) is 98.5 cm³/mol. The van der Waals surface area contributed by atoms with Gasteiger partial charge in [-0.15, -0.1) is 0 Å². The van der Waals surface area contributed by atoms with E-state index >= 15 is 0 Å².